The summed E-state index contributed by atoms with van der Waals surface area (Å²) in [6, 6.07) is 12.3. The van der Waals surface area contributed by atoms with Crippen LogP contribution < -0.4 is 9.88 Å². The Hall–Kier alpha value is -4.19. The highest BCUT2D eigenvalue weighted by Gasteiger charge is 2.48. The fraction of sp³-hybridized carbons (Fsp3) is 0.130. The van der Waals surface area contributed by atoms with E-state index in [2.05, 4.69) is 10.3 Å². The van der Waals surface area contributed by atoms with Crippen LogP contribution in [0.1, 0.15) is 23.1 Å². The molecule has 3 aromatic rings. The minimum Gasteiger partial charge on any atom is -0.494 e. The maximum absolute atomic E-state index is 13.7. The molecule has 4 rings (SSSR count). The van der Waals surface area contributed by atoms with Crippen LogP contribution in [-0.4, -0.2) is 16.0 Å². The zero-order valence-corrected chi connectivity index (χ0v) is 16.4. The molecule has 0 spiro atoms. The summed E-state index contributed by atoms with van der Waals surface area (Å²) in [5.41, 5.74) is 0.0883. The first-order valence-electron chi connectivity index (χ1n) is 9.52. The van der Waals surface area contributed by atoms with Gasteiger partial charge in [0.15, 0.2) is 12.4 Å². The molecule has 2 N–H and O–H groups in total. The van der Waals surface area contributed by atoms with Gasteiger partial charge < -0.3 is 5.11 Å². The van der Waals surface area contributed by atoms with Crippen LogP contribution in [0.15, 0.2) is 84.8 Å². The van der Waals surface area contributed by atoms with Crippen LogP contribution in [0.4, 0.5) is 13.2 Å². The van der Waals surface area contributed by atoms with E-state index in [1.165, 1.54) is 22.8 Å². The first kappa shape index (κ1) is 21.1. The molecule has 2 atom stereocenters. The van der Waals surface area contributed by atoms with Gasteiger partial charge in [-0.3, -0.25) is 15.1 Å². The lowest BCUT2D eigenvalue weighted by Crippen LogP contribution is -2.54. The average molecular weight is 437 g/mol. The van der Waals surface area contributed by atoms with Gasteiger partial charge in [-0.1, -0.05) is 18.2 Å². The molecule has 0 saturated heterocycles. The van der Waals surface area contributed by atoms with Gasteiger partial charge in [0, 0.05) is 24.5 Å². The van der Waals surface area contributed by atoms with Crippen LogP contribution in [-0.2, 0) is 11.0 Å². The predicted octanol–water partition coefficient (Wildman–Crippen LogP) is 3.80. The van der Waals surface area contributed by atoms with Gasteiger partial charge in [0.1, 0.15) is 11.6 Å². The molecule has 2 aromatic heterocycles. The van der Waals surface area contributed by atoms with Gasteiger partial charge in [-0.25, -0.2) is 0 Å². The molecule has 1 aliphatic rings. The number of aliphatic hydroxyl groups excluding tert-OH is 1. The lowest BCUT2D eigenvalue weighted by Gasteiger charge is -2.28. The summed E-state index contributed by atoms with van der Waals surface area (Å²) in [7, 11) is 0. The summed E-state index contributed by atoms with van der Waals surface area (Å²) in [5, 5.41) is 22.0. The highest BCUT2D eigenvalue weighted by Crippen LogP contribution is 2.42. The monoisotopic (exact) mass is 437 g/mol. The van der Waals surface area contributed by atoms with Gasteiger partial charge in [0.05, 0.1) is 11.5 Å². The van der Waals surface area contributed by atoms with Crippen molar-refractivity contribution in [2.75, 3.05) is 0 Å². The number of carbonyl (C=O) groups is 1. The van der Waals surface area contributed by atoms with Crippen molar-refractivity contribution < 1.29 is 27.6 Å². The minimum atomic E-state index is -4.71. The summed E-state index contributed by atoms with van der Waals surface area (Å²) in [6.07, 6.45) is 1.66. The summed E-state index contributed by atoms with van der Waals surface area (Å²) in [5.74, 6) is -2.82. The number of halogens is 3. The van der Waals surface area contributed by atoms with Crippen LogP contribution >= 0.6 is 0 Å². The van der Waals surface area contributed by atoms with E-state index in [0.29, 0.717) is 0 Å². The second-order valence-electron chi connectivity index (χ2n) is 7.14. The van der Waals surface area contributed by atoms with Crippen molar-refractivity contribution in [2.24, 2.45) is 0 Å². The van der Waals surface area contributed by atoms with Crippen molar-refractivity contribution in [3.63, 3.8) is 0 Å². The van der Waals surface area contributed by atoms with E-state index in [1.54, 1.807) is 55.1 Å². The van der Waals surface area contributed by atoms with Gasteiger partial charge in [-0.05, 0) is 34.9 Å². The molecule has 3 heterocycles. The minimum absolute atomic E-state index is 0.270. The number of amides is 1. The number of nitriles is 1. The normalized spacial score (nSPS) is 18.8. The molecule has 1 amide bonds. The zero-order chi connectivity index (χ0) is 22.9. The first-order chi connectivity index (χ1) is 15.3. The predicted molar refractivity (Wildman–Crippen MR) is 107 cm³/mol. The molecule has 0 radical (unpaired) electrons. The lowest BCUT2D eigenvalue weighted by molar-refractivity contribution is -0.711. The van der Waals surface area contributed by atoms with Crippen molar-refractivity contribution in [1.29, 1.82) is 5.26 Å². The number of allylic oxidation sites excluding steroid dienone is 1. The number of nitrogens with one attached hydrogen (secondary N) is 1. The molecular formula is C23H16F3N4O2+. The van der Waals surface area contributed by atoms with E-state index < -0.39 is 35.5 Å². The molecule has 0 bridgehead atoms. The van der Waals surface area contributed by atoms with E-state index >= 15 is 0 Å². The van der Waals surface area contributed by atoms with E-state index in [9.17, 15) is 28.3 Å². The molecule has 32 heavy (non-hydrogen) atoms. The Morgan fingerprint density at radius 1 is 1.03 bits per heavy atom. The van der Waals surface area contributed by atoms with Gasteiger partial charge in [-0.15, -0.1) is 0 Å². The molecule has 9 heteroatoms. The van der Waals surface area contributed by atoms with Crippen molar-refractivity contribution >= 4 is 5.91 Å². The summed E-state index contributed by atoms with van der Waals surface area (Å²) in [4.78, 5) is 16.8. The van der Waals surface area contributed by atoms with Crippen LogP contribution in [0.25, 0.3) is 11.1 Å². The van der Waals surface area contributed by atoms with Crippen molar-refractivity contribution in [1.82, 2.24) is 10.3 Å². The first-order valence-corrected chi connectivity index (χ1v) is 9.52. The van der Waals surface area contributed by atoms with E-state index in [-0.39, 0.29) is 11.1 Å². The van der Waals surface area contributed by atoms with Crippen LogP contribution in [0.3, 0.4) is 0 Å². The molecule has 1 aliphatic heterocycles. The average Bonchev–Trinajstić information content (AvgIpc) is 2.79. The Balaban J connectivity index is 1.86. The molecule has 2 unspecified atom stereocenters. The SMILES string of the molecule is N#CC1=C(O)NC(=O)C([n+]2ccc(-c3ccncc3)cc2)C1c1ccccc1C(F)(F)F. The van der Waals surface area contributed by atoms with E-state index in [1.807, 2.05) is 0 Å². The molecular weight excluding hydrogens is 421 g/mol. The number of carbonyl (C=O) groups excluding carboxylic acids is 1. The maximum Gasteiger partial charge on any atom is 0.416 e. The van der Waals surface area contributed by atoms with Crippen molar-refractivity contribution in [3.05, 3.63) is 95.9 Å². The fourth-order valence-corrected chi connectivity index (χ4v) is 3.86. The number of aliphatic hydroxyl groups is 1. The Labute approximate surface area is 180 Å². The Bertz CT molecular complexity index is 1230. The molecule has 160 valence electrons. The van der Waals surface area contributed by atoms with Crippen LogP contribution in [0, 0.1) is 11.3 Å². The maximum atomic E-state index is 13.7. The lowest BCUT2D eigenvalue weighted by atomic mass is 9.80. The molecule has 0 fully saturated rings. The van der Waals surface area contributed by atoms with Gasteiger partial charge in [-0.2, -0.15) is 23.0 Å². The van der Waals surface area contributed by atoms with Crippen molar-refractivity contribution in [2.45, 2.75) is 18.1 Å². The van der Waals surface area contributed by atoms with Crippen molar-refractivity contribution in [3.8, 4) is 17.2 Å². The van der Waals surface area contributed by atoms with Gasteiger partial charge >= 0.3 is 6.18 Å². The summed E-state index contributed by atoms with van der Waals surface area (Å²) < 4.78 is 42.6. The largest absolute Gasteiger partial charge is 0.494 e. The molecule has 0 aliphatic carbocycles. The Morgan fingerprint density at radius 3 is 2.28 bits per heavy atom. The number of benzene rings is 1. The third-order valence-corrected chi connectivity index (χ3v) is 5.30. The number of nitrogens with zero attached hydrogens (tertiary/aromatic N) is 3. The Kier molecular flexibility index (Phi) is 5.36. The second kappa shape index (κ2) is 8.15. The Morgan fingerprint density at radius 2 is 1.66 bits per heavy atom. The summed E-state index contributed by atoms with van der Waals surface area (Å²) in [6.45, 7) is 0. The highest BCUT2D eigenvalue weighted by atomic mass is 19.4. The number of pyridine rings is 2. The van der Waals surface area contributed by atoms with Crippen LogP contribution in [0.5, 0.6) is 0 Å². The fourth-order valence-electron chi connectivity index (χ4n) is 3.86. The number of rotatable bonds is 3. The van der Waals surface area contributed by atoms with Gasteiger partial charge in [0.25, 0.3) is 5.91 Å². The molecule has 0 saturated carbocycles. The highest BCUT2D eigenvalue weighted by molar-refractivity contribution is 5.84. The topological polar surface area (TPSA) is 89.9 Å². The van der Waals surface area contributed by atoms with Crippen LogP contribution in [0.2, 0.25) is 0 Å². The standard InChI is InChI=1S/C23H15F3N4O2/c24-23(25,26)18-4-2-1-3-16(18)19-17(13-27)21(31)29-22(32)20(19)30-11-7-15(8-12-30)14-5-9-28-10-6-14/h1-12,19-20H,(H-,29,31,32)/p+1. The van der Waals surface area contributed by atoms with Gasteiger partial charge in [0.2, 0.25) is 11.9 Å². The molecule has 6 nitrogen and oxygen atoms in total. The van der Waals surface area contributed by atoms with E-state index in [4.69, 9.17) is 0 Å². The third-order valence-electron chi connectivity index (χ3n) is 5.30. The number of hydrogen-bond donors (Lipinski definition) is 2. The second-order valence-corrected chi connectivity index (χ2v) is 7.14. The quantitative estimate of drug-likeness (QED) is 0.610. The third kappa shape index (κ3) is 3.78. The van der Waals surface area contributed by atoms with E-state index in [0.717, 1.165) is 17.2 Å². The number of aromatic nitrogens is 2. The molecule has 1 aromatic carbocycles. The summed E-state index contributed by atoms with van der Waals surface area (Å²) >= 11 is 0. The zero-order valence-electron chi connectivity index (χ0n) is 16.4. The number of alkyl halides is 3. The smallest absolute Gasteiger partial charge is 0.416 e. The number of hydrogen-bond acceptors (Lipinski definition) is 4.